The summed E-state index contributed by atoms with van der Waals surface area (Å²) in [7, 11) is 0. The highest BCUT2D eigenvalue weighted by Gasteiger charge is 2.41. The highest BCUT2D eigenvalue weighted by molar-refractivity contribution is 6.31. The molecule has 0 unspecified atom stereocenters. The maximum absolute atomic E-state index is 13.3. The second-order valence-corrected chi connectivity index (χ2v) is 6.87. The van der Waals surface area contributed by atoms with E-state index < -0.39 is 11.9 Å². The molecule has 4 nitrogen and oxygen atoms in total. The SMILES string of the molecule is O=C1C[C@H](NC2Cc3ccccc3C2)C(=O)N1c1ccc(F)c(Cl)c1. The van der Waals surface area contributed by atoms with Crippen molar-refractivity contribution in [3.63, 3.8) is 0 Å². The monoisotopic (exact) mass is 358 g/mol. The lowest BCUT2D eigenvalue weighted by molar-refractivity contribution is -0.121. The lowest BCUT2D eigenvalue weighted by Gasteiger charge is -2.18. The van der Waals surface area contributed by atoms with Crippen molar-refractivity contribution < 1.29 is 14.0 Å². The standard InChI is InChI=1S/C19H16ClFN2O2/c20-15-9-14(5-6-16(15)21)23-18(24)10-17(19(23)25)22-13-7-11-3-1-2-4-12(11)8-13/h1-6,9,13,17,22H,7-8,10H2/t17-/m0/s1. The Morgan fingerprint density at radius 3 is 2.36 bits per heavy atom. The van der Waals surface area contributed by atoms with Crippen molar-refractivity contribution in [3.8, 4) is 0 Å². The van der Waals surface area contributed by atoms with Gasteiger partial charge < -0.3 is 5.32 Å². The van der Waals surface area contributed by atoms with E-state index in [1.165, 1.54) is 23.3 Å². The summed E-state index contributed by atoms with van der Waals surface area (Å²) in [6, 6.07) is 11.6. The Hall–Kier alpha value is -2.24. The van der Waals surface area contributed by atoms with Gasteiger partial charge in [0.05, 0.1) is 23.2 Å². The second-order valence-electron chi connectivity index (χ2n) is 6.46. The first-order chi connectivity index (χ1) is 12.0. The molecule has 1 saturated heterocycles. The van der Waals surface area contributed by atoms with Crippen molar-refractivity contribution in [2.24, 2.45) is 0 Å². The highest BCUT2D eigenvalue weighted by Crippen LogP contribution is 2.28. The first-order valence-corrected chi connectivity index (χ1v) is 8.55. The fourth-order valence-corrected chi connectivity index (χ4v) is 3.79. The van der Waals surface area contributed by atoms with E-state index in [1.54, 1.807) is 0 Å². The number of nitrogens with one attached hydrogen (secondary N) is 1. The number of carbonyl (C=O) groups is 2. The molecule has 2 aromatic rings. The lowest BCUT2D eigenvalue weighted by Crippen LogP contribution is -2.44. The zero-order valence-corrected chi connectivity index (χ0v) is 14.1. The molecule has 0 saturated carbocycles. The molecule has 6 heteroatoms. The normalized spacial score (nSPS) is 20.4. The van der Waals surface area contributed by atoms with Crippen LogP contribution in [0.15, 0.2) is 42.5 Å². The molecule has 0 spiro atoms. The molecule has 1 fully saturated rings. The smallest absolute Gasteiger partial charge is 0.251 e. The highest BCUT2D eigenvalue weighted by atomic mass is 35.5. The topological polar surface area (TPSA) is 49.4 Å². The first-order valence-electron chi connectivity index (χ1n) is 8.17. The number of rotatable bonds is 3. The molecule has 1 N–H and O–H groups in total. The number of benzene rings is 2. The van der Waals surface area contributed by atoms with Crippen LogP contribution in [0, 0.1) is 5.82 Å². The molecule has 1 atom stereocenters. The predicted molar refractivity (Wildman–Crippen MR) is 93.1 cm³/mol. The van der Waals surface area contributed by atoms with Gasteiger partial charge in [0.2, 0.25) is 5.91 Å². The molecular weight excluding hydrogens is 343 g/mol. The summed E-state index contributed by atoms with van der Waals surface area (Å²) in [5.41, 5.74) is 2.86. The van der Waals surface area contributed by atoms with E-state index in [1.807, 2.05) is 12.1 Å². The minimum Gasteiger partial charge on any atom is -0.302 e. The summed E-state index contributed by atoms with van der Waals surface area (Å²) < 4.78 is 13.3. The molecule has 0 bridgehead atoms. The number of nitrogens with zero attached hydrogens (tertiary/aromatic N) is 1. The third-order valence-electron chi connectivity index (χ3n) is 4.80. The molecule has 0 aromatic heterocycles. The van der Waals surface area contributed by atoms with Gasteiger partial charge in [-0.15, -0.1) is 0 Å². The summed E-state index contributed by atoms with van der Waals surface area (Å²) in [6.07, 6.45) is 1.79. The van der Waals surface area contributed by atoms with Crippen molar-refractivity contribution in [1.82, 2.24) is 5.32 Å². The van der Waals surface area contributed by atoms with Gasteiger partial charge in [-0.2, -0.15) is 0 Å². The first kappa shape index (κ1) is 16.2. The van der Waals surface area contributed by atoms with Crippen molar-refractivity contribution in [2.75, 3.05) is 4.90 Å². The van der Waals surface area contributed by atoms with Gasteiger partial charge in [-0.1, -0.05) is 35.9 Å². The maximum Gasteiger partial charge on any atom is 0.251 e. The Kier molecular flexibility index (Phi) is 4.06. The van der Waals surface area contributed by atoms with Crippen LogP contribution in [0.4, 0.5) is 10.1 Å². The summed E-state index contributed by atoms with van der Waals surface area (Å²) in [6.45, 7) is 0. The predicted octanol–water partition coefficient (Wildman–Crippen LogP) is 2.87. The zero-order valence-electron chi connectivity index (χ0n) is 13.3. The average molecular weight is 359 g/mol. The van der Waals surface area contributed by atoms with E-state index in [2.05, 4.69) is 17.4 Å². The van der Waals surface area contributed by atoms with Gasteiger partial charge in [0, 0.05) is 6.04 Å². The number of hydrogen-bond acceptors (Lipinski definition) is 3. The van der Waals surface area contributed by atoms with E-state index in [9.17, 15) is 14.0 Å². The number of imide groups is 1. The van der Waals surface area contributed by atoms with E-state index in [4.69, 9.17) is 11.6 Å². The summed E-state index contributed by atoms with van der Waals surface area (Å²) in [4.78, 5) is 26.1. The molecule has 2 aromatic carbocycles. The van der Waals surface area contributed by atoms with E-state index in [-0.39, 0.29) is 29.3 Å². The summed E-state index contributed by atoms with van der Waals surface area (Å²) in [5.74, 6) is -1.20. The van der Waals surface area contributed by atoms with Gasteiger partial charge in [-0.3, -0.25) is 9.59 Å². The Labute approximate surface area is 149 Å². The number of anilines is 1. The Balaban J connectivity index is 1.49. The lowest BCUT2D eigenvalue weighted by atomic mass is 10.1. The van der Waals surface area contributed by atoms with Crippen LogP contribution in [0.5, 0.6) is 0 Å². The Bertz CT molecular complexity index is 845. The average Bonchev–Trinajstić information content (AvgIpc) is 3.11. The largest absolute Gasteiger partial charge is 0.302 e. The fraction of sp³-hybridized carbons (Fsp3) is 0.263. The van der Waals surface area contributed by atoms with Crippen molar-refractivity contribution >= 4 is 29.1 Å². The minimum absolute atomic E-state index is 0.0979. The van der Waals surface area contributed by atoms with Crippen molar-refractivity contribution in [3.05, 3.63) is 64.4 Å². The van der Waals surface area contributed by atoms with E-state index >= 15 is 0 Å². The Morgan fingerprint density at radius 1 is 1.04 bits per heavy atom. The molecule has 1 heterocycles. The molecule has 1 aliphatic heterocycles. The van der Waals surface area contributed by atoms with Gasteiger partial charge in [-0.05, 0) is 42.2 Å². The maximum atomic E-state index is 13.3. The number of fused-ring (bicyclic) bond motifs is 1. The van der Waals surface area contributed by atoms with Crippen molar-refractivity contribution in [2.45, 2.75) is 31.3 Å². The molecular formula is C19H16ClFN2O2. The van der Waals surface area contributed by atoms with Crippen LogP contribution in [0.3, 0.4) is 0 Å². The van der Waals surface area contributed by atoms with Gasteiger partial charge in [0.1, 0.15) is 5.82 Å². The van der Waals surface area contributed by atoms with Gasteiger partial charge in [0.15, 0.2) is 0 Å². The quantitative estimate of drug-likeness (QED) is 0.858. The van der Waals surface area contributed by atoms with Crippen LogP contribution in [0.1, 0.15) is 17.5 Å². The van der Waals surface area contributed by atoms with Crippen LogP contribution in [0.25, 0.3) is 0 Å². The van der Waals surface area contributed by atoms with Crippen LogP contribution in [-0.4, -0.2) is 23.9 Å². The van der Waals surface area contributed by atoms with E-state index in [0.717, 1.165) is 23.8 Å². The van der Waals surface area contributed by atoms with Gasteiger partial charge in [-0.25, -0.2) is 9.29 Å². The molecule has 4 rings (SSSR count). The molecule has 2 aliphatic rings. The van der Waals surface area contributed by atoms with Crippen molar-refractivity contribution in [1.29, 1.82) is 0 Å². The third-order valence-corrected chi connectivity index (χ3v) is 5.09. The number of halogens is 2. The molecule has 25 heavy (non-hydrogen) atoms. The van der Waals surface area contributed by atoms with Gasteiger partial charge in [0.25, 0.3) is 5.91 Å². The molecule has 1 aliphatic carbocycles. The number of amides is 2. The molecule has 2 amide bonds. The summed E-state index contributed by atoms with van der Waals surface area (Å²) >= 11 is 5.77. The Morgan fingerprint density at radius 2 is 1.72 bits per heavy atom. The van der Waals surface area contributed by atoms with Crippen LogP contribution >= 0.6 is 11.6 Å². The molecule has 128 valence electrons. The van der Waals surface area contributed by atoms with Crippen LogP contribution in [0.2, 0.25) is 5.02 Å². The number of carbonyl (C=O) groups excluding carboxylic acids is 2. The summed E-state index contributed by atoms with van der Waals surface area (Å²) in [5, 5.41) is 3.20. The zero-order chi connectivity index (χ0) is 17.6. The minimum atomic E-state index is -0.581. The van der Waals surface area contributed by atoms with E-state index in [0.29, 0.717) is 5.69 Å². The van der Waals surface area contributed by atoms with Gasteiger partial charge >= 0.3 is 0 Å². The van der Waals surface area contributed by atoms with Crippen LogP contribution in [-0.2, 0) is 22.4 Å². The third kappa shape index (κ3) is 2.94. The fourth-order valence-electron chi connectivity index (χ4n) is 3.62. The van der Waals surface area contributed by atoms with Crippen LogP contribution < -0.4 is 10.2 Å². The second kappa shape index (κ2) is 6.24. The molecule has 0 radical (unpaired) electrons. The number of hydrogen-bond donors (Lipinski definition) is 1.